The van der Waals surface area contributed by atoms with Crippen LogP contribution in [0.3, 0.4) is 0 Å². The average molecular weight is 311 g/mol. The molecule has 0 unspecified atom stereocenters. The molecule has 126 valence electrons. The molecule has 3 amide bonds. The highest BCUT2D eigenvalue weighted by Crippen LogP contribution is 2.26. The first-order valence-corrected chi connectivity index (χ1v) is 7.82. The molecule has 6 heteroatoms. The van der Waals surface area contributed by atoms with Crippen molar-refractivity contribution < 1.29 is 14.4 Å². The number of carbonyl (C=O) groups is 3. The van der Waals surface area contributed by atoms with E-state index in [2.05, 4.69) is 26.1 Å². The molecule has 0 aromatic rings. The minimum absolute atomic E-state index is 0.0552. The van der Waals surface area contributed by atoms with Gasteiger partial charge in [0.1, 0.15) is 0 Å². The number of hydrogen-bond acceptors (Lipinski definition) is 3. The van der Waals surface area contributed by atoms with Crippen LogP contribution in [0.4, 0.5) is 0 Å². The molecular weight excluding hydrogens is 282 g/mol. The third kappa shape index (κ3) is 5.66. The summed E-state index contributed by atoms with van der Waals surface area (Å²) < 4.78 is 0. The van der Waals surface area contributed by atoms with Crippen molar-refractivity contribution in [3.8, 4) is 0 Å². The summed E-state index contributed by atoms with van der Waals surface area (Å²) in [6.45, 7) is 10.9. The molecule has 0 aliphatic carbocycles. The van der Waals surface area contributed by atoms with Crippen molar-refractivity contribution in [2.45, 2.75) is 59.4 Å². The minimum Gasteiger partial charge on any atom is -0.369 e. The van der Waals surface area contributed by atoms with E-state index in [0.29, 0.717) is 25.9 Å². The van der Waals surface area contributed by atoms with E-state index in [-0.39, 0.29) is 17.2 Å². The van der Waals surface area contributed by atoms with E-state index in [1.54, 1.807) is 0 Å². The molecule has 1 heterocycles. The Balaban J connectivity index is 2.56. The minimum atomic E-state index is -0.577. The largest absolute Gasteiger partial charge is 0.369 e. The lowest BCUT2D eigenvalue weighted by molar-refractivity contribution is -0.148. The van der Waals surface area contributed by atoms with Gasteiger partial charge in [0.2, 0.25) is 5.91 Å². The Hall–Kier alpha value is -1.59. The molecule has 1 fully saturated rings. The molecule has 1 saturated heterocycles. The second-order valence-corrected chi connectivity index (χ2v) is 8.04. The molecule has 1 rings (SSSR count). The van der Waals surface area contributed by atoms with E-state index < -0.39 is 17.4 Å². The average Bonchev–Trinajstić information content (AvgIpc) is 2.34. The van der Waals surface area contributed by atoms with Crippen molar-refractivity contribution in [3.05, 3.63) is 0 Å². The van der Waals surface area contributed by atoms with Crippen LogP contribution in [-0.2, 0) is 14.4 Å². The maximum atomic E-state index is 12.2. The zero-order valence-electron chi connectivity index (χ0n) is 14.4. The molecular formula is C16H29N3O3. The topological polar surface area (TPSA) is 92.5 Å². The SMILES string of the molecule is CC(C)(C)CC(C)(C)NC(=O)C(=O)N1CCC(C(N)=O)CC1. The predicted molar refractivity (Wildman–Crippen MR) is 84.8 cm³/mol. The van der Waals surface area contributed by atoms with Gasteiger partial charge in [-0.1, -0.05) is 20.8 Å². The van der Waals surface area contributed by atoms with Crippen LogP contribution in [0, 0.1) is 11.3 Å². The van der Waals surface area contributed by atoms with E-state index in [1.165, 1.54) is 4.90 Å². The summed E-state index contributed by atoms with van der Waals surface area (Å²) in [5.41, 5.74) is 4.88. The first-order valence-electron chi connectivity index (χ1n) is 7.82. The molecule has 0 aromatic carbocycles. The highest BCUT2D eigenvalue weighted by Gasteiger charge is 2.33. The molecule has 0 spiro atoms. The van der Waals surface area contributed by atoms with Crippen LogP contribution in [0.15, 0.2) is 0 Å². The van der Waals surface area contributed by atoms with Crippen LogP contribution in [-0.4, -0.2) is 41.2 Å². The van der Waals surface area contributed by atoms with Crippen LogP contribution >= 0.6 is 0 Å². The molecule has 22 heavy (non-hydrogen) atoms. The molecule has 0 aromatic heterocycles. The Morgan fingerprint density at radius 2 is 1.59 bits per heavy atom. The molecule has 1 aliphatic rings. The third-order valence-corrected chi connectivity index (χ3v) is 3.80. The predicted octanol–water partition coefficient (Wildman–Crippen LogP) is 1.04. The first kappa shape index (κ1) is 18.5. The second kappa shape index (κ2) is 6.67. The molecule has 0 saturated carbocycles. The van der Waals surface area contributed by atoms with Crippen molar-refractivity contribution in [3.63, 3.8) is 0 Å². The summed E-state index contributed by atoms with van der Waals surface area (Å²) in [5, 5.41) is 2.82. The summed E-state index contributed by atoms with van der Waals surface area (Å²) in [4.78, 5) is 37.0. The number of nitrogens with one attached hydrogen (secondary N) is 1. The number of likely N-dealkylation sites (tertiary alicyclic amines) is 1. The number of piperidine rings is 1. The van der Waals surface area contributed by atoms with Gasteiger partial charge in [-0.2, -0.15) is 0 Å². The summed E-state index contributed by atoms with van der Waals surface area (Å²) in [6.07, 6.45) is 1.82. The third-order valence-electron chi connectivity index (χ3n) is 3.80. The highest BCUT2D eigenvalue weighted by atomic mass is 16.2. The fraction of sp³-hybridized carbons (Fsp3) is 0.812. The van der Waals surface area contributed by atoms with Gasteiger partial charge < -0.3 is 16.0 Å². The van der Waals surface area contributed by atoms with E-state index in [1.807, 2.05) is 13.8 Å². The molecule has 1 aliphatic heterocycles. The Bertz CT molecular complexity index is 444. The summed E-state index contributed by atoms with van der Waals surface area (Å²) in [6, 6.07) is 0. The quantitative estimate of drug-likeness (QED) is 0.763. The van der Waals surface area contributed by atoms with Gasteiger partial charge in [0, 0.05) is 24.5 Å². The Morgan fingerprint density at radius 1 is 1.09 bits per heavy atom. The Labute approximate surface area is 132 Å². The molecule has 6 nitrogen and oxygen atoms in total. The number of nitrogens with two attached hydrogens (primary N) is 1. The van der Waals surface area contributed by atoms with Gasteiger partial charge >= 0.3 is 11.8 Å². The van der Waals surface area contributed by atoms with Gasteiger partial charge in [0.05, 0.1) is 0 Å². The second-order valence-electron chi connectivity index (χ2n) is 8.04. The Morgan fingerprint density at radius 3 is 2.00 bits per heavy atom. The zero-order chi connectivity index (χ0) is 17.1. The van der Waals surface area contributed by atoms with E-state index >= 15 is 0 Å². The lowest BCUT2D eigenvalue weighted by Gasteiger charge is -2.35. The highest BCUT2D eigenvalue weighted by molar-refractivity contribution is 6.35. The summed E-state index contributed by atoms with van der Waals surface area (Å²) >= 11 is 0. The maximum Gasteiger partial charge on any atom is 0.311 e. The van der Waals surface area contributed by atoms with Gasteiger partial charge in [-0.15, -0.1) is 0 Å². The number of nitrogens with zero attached hydrogens (tertiary/aromatic N) is 1. The lowest BCUT2D eigenvalue weighted by Crippen LogP contribution is -2.53. The van der Waals surface area contributed by atoms with Crippen molar-refractivity contribution in [2.75, 3.05) is 13.1 Å². The van der Waals surface area contributed by atoms with Crippen molar-refractivity contribution in [1.29, 1.82) is 0 Å². The van der Waals surface area contributed by atoms with Crippen LogP contribution < -0.4 is 11.1 Å². The molecule has 0 radical (unpaired) electrons. The normalized spacial score (nSPS) is 17.2. The fourth-order valence-corrected chi connectivity index (χ4v) is 3.24. The van der Waals surface area contributed by atoms with Crippen LogP contribution in [0.2, 0.25) is 0 Å². The van der Waals surface area contributed by atoms with Crippen molar-refractivity contribution in [1.82, 2.24) is 10.2 Å². The molecule has 0 atom stereocenters. The van der Waals surface area contributed by atoms with Crippen molar-refractivity contribution >= 4 is 17.7 Å². The Kier molecular flexibility index (Phi) is 5.59. The number of rotatable bonds is 3. The van der Waals surface area contributed by atoms with Gasteiger partial charge in [-0.05, 0) is 38.5 Å². The number of carbonyl (C=O) groups excluding carboxylic acids is 3. The number of primary amides is 1. The maximum absolute atomic E-state index is 12.2. The molecule has 3 N–H and O–H groups in total. The van der Waals surface area contributed by atoms with Gasteiger partial charge in [0.15, 0.2) is 0 Å². The summed E-state index contributed by atoms with van der Waals surface area (Å²) in [5.74, 6) is -1.62. The lowest BCUT2D eigenvalue weighted by atomic mass is 9.82. The zero-order valence-corrected chi connectivity index (χ0v) is 14.4. The van der Waals surface area contributed by atoms with Crippen LogP contribution in [0.25, 0.3) is 0 Å². The monoisotopic (exact) mass is 311 g/mol. The van der Waals surface area contributed by atoms with Gasteiger partial charge in [-0.25, -0.2) is 0 Å². The summed E-state index contributed by atoms with van der Waals surface area (Å²) in [7, 11) is 0. The smallest absolute Gasteiger partial charge is 0.311 e. The fourth-order valence-electron chi connectivity index (χ4n) is 3.24. The van der Waals surface area contributed by atoms with Crippen LogP contribution in [0.5, 0.6) is 0 Å². The number of hydrogen-bond donors (Lipinski definition) is 2. The van der Waals surface area contributed by atoms with Crippen molar-refractivity contribution in [2.24, 2.45) is 17.1 Å². The standard InChI is InChI=1S/C16H29N3O3/c1-15(2,3)10-16(4,5)18-13(21)14(22)19-8-6-11(7-9-19)12(17)20/h11H,6-10H2,1-5H3,(H2,17,20)(H,18,21). The van der Waals surface area contributed by atoms with E-state index in [4.69, 9.17) is 5.73 Å². The molecule has 0 bridgehead atoms. The van der Waals surface area contributed by atoms with Crippen LogP contribution in [0.1, 0.15) is 53.9 Å². The van der Waals surface area contributed by atoms with Gasteiger partial charge in [0.25, 0.3) is 0 Å². The number of amides is 3. The van der Waals surface area contributed by atoms with Gasteiger partial charge in [-0.3, -0.25) is 14.4 Å². The van der Waals surface area contributed by atoms with E-state index in [9.17, 15) is 14.4 Å². The van der Waals surface area contributed by atoms with E-state index in [0.717, 1.165) is 6.42 Å². The first-order chi connectivity index (χ1) is 9.91.